The molecule has 0 aromatic rings. The van der Waals surface area contributed by atoms with Crippen molar-refractivity contribution in [3.63, 3.8) is 0 Å². The minimum Gasteiger partial charge on any atom is -0.460 e. The molecular weight excluding hydrogens is 325 g/mol. The van der Waals surface area contributed by atoms with E-state index in [2.05, 4.69) is 4.18 Å². The molecule has 2 atom stereocenters. The molecule has 0 N–H and O–H groups in total. The van der Waals surface area contributed by atoms with Crippen molar-refractivity contribution < 1.29 is 35.3 Å². The Hall–Kier alpha value is -1.25. The van der Waals surface area contributed by atoms with Gasteiger partial charge in [0, 0.05) is 6.42 Å². The molecule has 0 fully saturated rings. The Morgan fingerprint density at radius 3 is 2.23 bits per heavy atom. The van der Waals surface area contributed by atoms with Gasteiger partial charge in [-0.05, 0) is 39.2 Å². The van der Waals surface area contributed by atoms with E-state index in [1.807, 2.05) is 0 Å². The van der Waals surface area contributed by atoms with Crippen molar-refractivity contribution in [2.24, 2.45) is 11.8 Å². The molecule has 1 aliphatic carbocycles. The summed E-state index contributed by atoms with van der Waals surface area (Å²) in [6.45, 7) is 6.75. The number of allylic oxidation sites excluding steroid dienone is 2. The summed E-state index contributed by atoms with van der Waals surface area (Å²) in [6, 6.07) is 0. The first-order chi connectivity index (χ1) is 9.73. The quantitative estimate of drug-likeness (QED) is 0.447. The van der Waals surface area contributed by atoms with Crippen LogP contribution in [0.1, 0.15) is 40.5 Å². The van der Waals surface area contributed by atoms with E-state index in [9.17, 15) is 26.4 Å². The zero-order chi connectivity index (χ0) is 17.3. The van der Waals surface area contributed by atoms with Crippen LogP contribution < -0.4 is 0 Å². The molecule has 5 nitrogen and oxygen atoms in total. The van der Waals surface area contributed by atoms with Crippen LogP contribution in [0.5, 0.6) is 0 Å². The van der Waals surface area contributed by atoms with Crippen LogP contribution in [0.2, 0.25) is 0 Å². The van der Waals surface area contributed by atoms with Crippen molar-refractivity contribution in [2.45, 2.75) is 51.6 Å². The van der Waals surface area contributed by atoms with Crippen molar-refractivity contribution in [3.05, 3.63) is 11.8 Å². The standard InChI is InChI=1S/C13H19F3O5S/c1-8-7-9(21-22(18,19)13(14,15)16)5-6-10(8)11(17)20-12(2,3)4/h5,8,10H,6-7H2,1-4H3/t8-,10+/m0/s1. The minimum absolute atomic E-state index is 0.0682. The fraction of sp³-hybridized carbons (Fsp3) is 0.769. The molecule has 0 saturated carbocycles. The number of halogens is 3. The van der Waals surface area contributed by atoms with E-state index < -0.39 is 39.0 Å². The zero-order valence-electron chi connectivity index (χ0n) is 12.7. The number of ether oxygens (including phenoxy) is 1. The fourth-order valence-electron chi connectivity index (χ4n) is 2.00. The highest BCUT2D eigenvalue weighted by atomic mass is 32.2. The van der Waals surface area contributed by atoms with Crippen LogP contribution in [0.15, 0.2) is 11.8 Å². The van der Waals surface area contributed by atoms with Crippen LogP contribution in [-0.4, -0.2) is 25.5 Å². The molecule has 1 aliphatic rings. The third kappa shape index (κ3) is 4.89. The first-order valence-corrected chi connectivity index (χ1v) is 8.06. The van der Waals surface area contributed by atoms with Gasteiger partial charge < -0.3 is 8.92 Å². The van der Waals surface area contributed by atoms with Gasteiger partial charge >= 0.3 is 21.6 Å². The Labute approximate surface area is 127 Å². The second-order valence-electron chi connectivity index (χ2n) is 6.21. The number of esters is 1. The highest BCUT2D eigenvalue weighted by Gasteiger charge is 2.49. The number of carbonyl (C=O) groups excluding carboxylic acids is 1. The molecular formula is C13H19F3O5S. The highest BCUT2D eigenvalue weighted by Crippen LogP contribution is 2.35. The molecule has 0 aromatic heterocycles. The maximum absolute atomic E-state index is 12.3. The summed E-state index contributed by atoms with van der Waals surface area (Å²) < 4.78 is 68.0. The van der Waals surface area contributed by atoms with Crippen molar-refractivity contribution in [2.75, 3.05) is 0 Å². The molecule has 0 amide bonds. The number of alkyl halides is 3. The summed E-state index contributed by atoms with van der Waals surface area (Å²) in [5.74, 6) is -1.70. The molecule has 0 unspecified atom stereocenters. The van der Waals surface area contributed by atoms with E-state index in [-0.39, 0.29) is 18.6 Å². The summed E-state index contributed by atoms with van der Waals surface area (Å²) in [4.78, 5) is 12.0. The lowest BCUT2D eigenvalue weighted by atomic mass is 9.83. The van der Waals surface area contributed by atoms with Crippen molar-refractivity contribution in [1.29, 1.82) is 0 Å². The topological polar surface area (TPSA) is 69.7 Å². The number of rotatable bonds is 3. The van der Waals surface area contributed by atoms with E-state index in [0.29, 0.717) is 0 Å². The van der Waals surface area contributed by atoms with Crippen LogP contribution in [0.4, 0.5) is 13.2 Å². The second-order valence-corrected chi connectivity index (χ2v) is 7.75. The van der Waals surface area contributed by atoms with Gasteiger partial charge in [0.25, 0.3) is 0 Å². The number of carbonyl (C=O) groups is 1. The molecule has 0 bridgehead atoms. The van der Waals surface area contributed by atoms with E-state index in [1.54, 1.807) is 27.7 Å². The average molecular weight is 344 g/mol. The van der Waals surface area contributed by atoms with Gasteiger partial charge in [-0.15, -0.1) is 0 Å². The normalized spacial score (nSPS) is 23.7. The monoisotopic (exact) mass is 344 g/mol. The lowest BCUT2D eigenvalue weighted by Gasteiger charge is -2.29. The second kappa shape index (κ2) is 6.10. The van der Waals surface area contributed by atoms with Gasteiger partial charge in [0.05, 0.1) is 5.92 Å². The Bertz CT molecular complexity index is 557. The number of hydrogen-bond donors (Lipinski definition) is 0. The first kappa shape index (κ1) is 18.8. The van der Waals surface area contributed by atoms with Crippen LogP contribution >= 0.6 is 0 Å². The van der Waals surface area contributed by atoms with Crippen molar-refractivity contribution >= 4 is 16.1 Å². The molecule has 128 valence electrons. The first-order valence-electron chi connectivity index (χ1n) is 6.65. The van der Waals surface area contributed by atoms with E-state index >= 15 is 0 Å². The lowest BCUT2D eigenvalue weighted by Crippen LogP contribution is -2.34. The van der Waals surface area contributed by atoms with Crippen LogP contribution in [0, 0.1) is 11.8 Å². The van der Waals surface area contributed by atoms with E-state index in [0.717, 1.165) is 0 Å². The van der Waals surface area contributed by atoms with Gasteiger partial charge in [0.1, 0.15) is 11.4 Å². The molecule has 0 heterocycles. The highest BCUT2D eigenvalue weighted by molar-refractivity contribution is 7.87. The molecule has 9 heteroatoms. The smallest absolute Gasteiger partial charge is 0.460 e. The van der Waals surface area contributed by atoms with E-state index in [1.165, 1.54) is 6.08 Å². The van der Waals surface area contributed by atoms with Gasteiger partial charge in [0.15, 0.2) is 0 Å². The maximum atomic E-state index is 12.3. The predicted molar refractivity (Wildman–Crippen MR) is 71.9 cm³/mol. The lowest BCUT2D eigenvalue weighted by molar-refractivity contribution is -0.162. The van der Waals surface area contributed by atoms with Crippen LogP contribution in [0.25, 0.3) is 0 Å². The molecule has 0 saturated heterocycles. The van der Waals surface area contributed by atoms with E-state index in [4.69, 9.17) is 4.74 Å². The van der Waals surface area contributed by atoms with Crippen LogP contribution in [0.3, 0.4) is 0 Å². The van der Waals surface area contributed by atoms with Crippen molar-refractivity contribution in [3.8, 4) is 0 Å². The predicted octanol–water partition coefficient (Wildman–Crippen LogP) is 3.12. The fourth-order valence-corrected chi connectivity index (χ4v) is 2.51. The van der Waals surface area contributed by atoms with Gasteiger partial charge in [-0.2, -0.15) is 21.6 Å². The van der Waals surface area contributed by atoms with Gasteiger partial charge in [-0.3, -0.25) is 4.79 Å². The summed E-state index contributed by atoms with van der Waals surface area (Å²) in [7, 11) is -5.67. The summed E-state index contributed by atoms with van der Waals surface area (Å²) >= 11 is 0. The summed E-state index contributed by atoms with van der Waals surface area (Å²) in [5.41, 5.74) is -6.14. The van der Waals surface area contributed by atoms with Crippen LogP contribution in [-0.2, 0) is 23.8 Å². The maximum Gasteiger partial charge on any atom is 0.534 e. The minimum atomic E-state index is -5.67. The number of hydrogen-bond acceptors (Lipinski definition) is 5. The zero-order valence-corrected chi connectivity index (χ0v) is 13.5. The molecule has 22 heavy (non-hydrogen) atoms. The Kier molecular flexibility index (Phi) is 5.21. The Balaban J connectivity index is 2.79. The molecule has 1 rings (SSSR count). The molecule has 0 aromatic carbocycles. The third-order valence-corrected chi connectivity index (χ3v) is 4.02. The third-order valence-electron chi connectivity index (χ3n) is 3.02. The Morgan fingerprint density at radius 2 is 1.82 bits per heavy atom. The van der Waals surface area contributed by atoms with Gasteiger partial charge in [-0.1, -0.05) is 6.92 Å². The van der Waals surface area contributed by atoms with Gasteiger partial charge in [0.2, 0.25) is 0 Å². The molecule has 0 spiro atoms. The molecule has 0 radical (unpaired) electrons. The average Bonchev–Trinajstić information content (AvgIpc) is 2.23. The SMILES string of the molecule is C[C@H]1CC(OS(=O)(=O)C(F)(F)F)=CC[C@H]1C(=O)OC(C)(C)C. The summed E-state index contributed by atoms with van der Waals surface area (Å²) in [6.07, 6.45) is 1.18. The summed E-state index contributed by atoms with van der Waals surface area (Å²) in [5, 5.41) is 0. The van der Waals surface area contributed by atoms with Crippen molar-refractivity contribution in [1.82, 2.24) is 0 Å². The largest absolute Gasteiger partial charge is 0.534 e. The Morgan fingerprint density at radius 1 is 1.27 bits per heavy atom. The van der Waals surface area contributed by atoms with Gasteiger partial charge in [-0.25, -0.2) is 0 Å². The molecule has 0 aliphatic heterocycles.